The largest absolute Gasteiger partial charge is 0.493 e. The monoisotopic (exact) mass is 497 g/mol. The van der Waals surface area contributed by atoms with E-state index >= 15 is 0 Å². The predicted octanol–water partition coefficient (Wildman–Crippen LogP) is 2.99. The lowest BCUT2D eigenvalue weighted by atomic mass is 10.0. The van der Waals surface area contributed by atoms with Gasteiger partial charge in [0, 0.05) is 32.7 Å². The molecule has 9 heteroatoms. The van der Waals surface area contributed by atoms with E-state index in [9.17, 15) is 9.59 Å². The molecule has 3 rings (SSSR count). The summed E-state index contributed by atoms with van der Waals surface area (Å²) in [4.78, 5) is 30.2. The highest BCUT2D eigenvalue weighted by molar-refractivity contribution is 7.99. The first kappa shape index (κ1) is 26.3. The van der Waals surface area contributed by atoms with Crippen molar-refractivity contribution < 1.29 is 19.0 Å². The molecule has 2 aromatic carbocycles. The molecule has 0 unspecified atom stereocenters. The number of hydrogen-bond donors (Lipinski definition) is 1. The molecule has 1 amide bonds. The van der Waals surface area contributed by atoms with Crippen molar-refractivity contribution >= 4 is 17.7 Å². The van der Waals surface area contributed by atoms with Crippen molar-refractivity contribution in [2.24, 2.45) is 7.05 Å². The summed E-state index contributed by atoms with van der Waals surface area (Å²) in [5, 5.41) is 3.39. The number of nitrogens with one attached hydrogen (secondary N) is 1. The summed E-state index contributed by atoms with van der Waals surface area (Å²) in [6.07, 6.45) is 1.13. The zero-order valence-electron chi connectivity index (χ0n) is 20.5. The van der Waals surface area contributed by atoms with Crippen LogP contribution in [-0.4, -0.2) is 49.1 Å². The van der Waals surface area contributed by atoms with Gasteiger partial charge in [0.15, 0.2) is 16.7 Å². The van der Waals surface area contributed by atoms with E-state index in [4.69, 9.17) is 14.2 Å². The van der Waals surface area contributed by atoms with Crippen molar-refractivity contribution in [3.05, 3.63) is 81.3 Å². The predicted molar refractivity (Wildman–Crippen MR) is 136 cm³/mol. The van der Waals surface area contributed by atoms with E-state index in [1.54, 1.807) is 28.4 Å². The van der Waals surface area contributed by atoms with Crippen LogP contribution in [0.4, 0.5) is 0 Å². The summed E-state index contributed by atoms with van der Waals surface area (Å²) in [5.74, 6) is 1.33. The fraction of sp³-hybridized carbons (Fsp3) is 0.346. The van der Waals surface area contributed by atoms with Crippen LogP contribution < -0.4 is 20.3 Å². The number of thioether (sulfide) groups is 1. The highest BCUT2D eigenvalue weighted by Gasteiger charge is 2.16. The fourth-order valence-electron chi connectivity index (χ4n) is 3.60. The Hall–Kier alpha value is -3.30. The number of nitrogens with zero attached hydrogens (tertiary/aromatic N) is 2. The molecular weight excluding hydrogens is 466 g/mol. The van der Waals surface area contributed by atoms with Crippen LogP contribution in [0, 0.1) is 0 Å². The minimum atomic E-state index is -0.133. The maximum Gasteiger partial charge on any atom is 0.257 e. The van der Waals surface area contributed by atoms with E-state index in [1.807, 2.05) is 48.5 Å². The van der Waals surface area contributed by atoms with Gasteiger partial charge in [0.1, 0.15) is 0 Å². The number of benzene rings is 2. The van der Waals surface area contributed by atoms with Crippen molar-refractivity contribution in [1.82, 2.24) is 14.9 Å². The molecule has 8 nitrogen and oxygen atoms in total. The molecule has 0 saturated heterocycles. The minimum Gasteiger partial charge on any atom is -0.493 e. The summed E-state index contributed by atoms with van der Waals surface area (Å²) in [6, 6.07) is 15.5. The van der Waals surface area contributed by atoms with E-state index in [1.165, 1.54) is 16.3 Å². The quantitative estimate of drug-likeness (QED) is 0.304. The molecule has 0 aliphatic heterocycles. The van der Waals surface area contributed by atoms with Gasteiger partial charge in [-0.15, -0.1) is 0 Å². The molecule has 0 bridgehead atoms. The SMILES string of the molecule is COCc1nc(SCC(=O)NCCc2ccc(OC)c(OC)c2)n(C)c(=O)c1Cc1ccccc1. The highest BCUT2D eigenvalue weighted by atomic mass is 32.2. The lowest BCUT2D eigenvalue weighted by Gasteiger charge is -2.14. The molecular formula is C26H31N3O5S. The number of amides is 1. The Kier molecular flexibility index (Phi) is 9.75. The summed E-state index contributed by atoms with van der Waals surface area (Å²) < 4.78 is 17.4. The molecule has 35 heavy (non-hydrogen) atoms. The van der Waals surface area contributed by atoms with Gasteiger partial charge in [-0.05, 0) is 29.7 Å². The van der Waals surface area contributed by atoms with Crippen molar-refractivity contribution in [3.8, 4) is 11.5 Å². The Labute approximate surface area is 209 Å². The van der Waals surface area contributed by atoms with E-state index in [0.717, 1.165) is 11.1 Å². The molecule has 1 heterocycles. The summed E-state index contributed by atoms with van der Waals surface area (Å²) in [6.45, 7) is 0.704. The lowest BCUT2D eigenvalue weighted by molar-refractivity contribution is -0.118. The smallest absolute Gasteiger partial charge is 0.257 e. The lowest BCUT2D eigenvalue weighted by Crippen LogP contribution is -2.29. The number of carbonyl (C=O) groups excluding carboxylic acids is 1. The van der Waals surface area contributed by atoms with Gasteiger partial charge in [0.2, 0.25) is 5.91 Å². The van der Waals surface area contributed by atoms with Gasteiger partial charge in [-0.3, -0.25) is 14.2 Å². The molecule has 186 valence electrons. The standard InChI is InChI=1S/C26H31N3O5S/c1-29-25(31)20(14-18-8-6-5-7-9-18)21(16-32-2)28-26(29)35-17-24(30)27-13-12-19-10-11-22(33-3)23(15-19)34-4/h5-11,15H,12-14,16-17H2,1-4H3,(H,27,30). The average Bonchev–Trinajstić information content (AvgIpc) is 2.88. The van der Waals surface area contributed by atoms with Crippen molar-refractivity contribution in [3.63, 3.8) is 0 Å². The maximum absolute atomic E-state index is 13.1. The van der Waals surface area contributed by atoms with Gasteiger partial charge in [-0.1, -0.05) is 48.2 Å². The van der Waals surface area contributed by atoms with Gasteiger partial charge >= 0.3 is 0 Å². The minimum absolute atomic E-state index is 0.132. The van der Waals surface area contributed by atoms with Gasteiger partial charge in [0.05, 0.1) is 32.3 Å². The topological polar surface area (TPSA) is 91.7 Å². The first-order valence-corrected chi connectivity index (χ1v) is 12.2. The number of methoxy groups -OCH3 is 3. The summed E-state index contributed by atoms with van der Waals surface area (Å²) >= 11 is 1.23. The molecule has 1 N–H and O–H groups in total. The van der Waals surface area contributed by atoms with Crippen LogP contribution in [0.1, 0.15) is 22.4 Å². The van der Waals surface area contributed by atoms with Gasteiger partial charge in [-0.25, -0.2) is 4.98 Å². The summed E-state index contributed by atoms with van der Waals surface area (Å²) in [5.41, 5.74) is 3.11. The molecule has 3 aromatic rings. The van der Waals surface area contributed by atoms with Crippen molar-refractivity contribution in [1.29, 1.82) is 0 Å². The normalized spacial score (nSPS) is 10.7. The number of aromatic nitrogens is 2. The first-order valence-electron chi connectivity index (χ1n) is 11.2. The fourth-order valence-corrected chi connectivity index (χ4v) is 4.41. The molecule has 1 aromatic heterocycles. The van der Waals surface area contributed by atoms with Gasteiger partial charge in [-0.2, -0.15) is 0 Å². The van der Waals surface area contributed by atoms with Gasteiger partial charge in [0.25, 0.3) is 5.56 Å². The summed E-state index contributed by atoms with van der Waals surface area (Å²) in [7, 11) is 6.44. The third kappa shape index (κ3) is 7.10. The van der Waals surface area contributed by atoms with E-state index < -0.39 is 0 Å². The zero-order valence-corrected chi connectivity index (χ0v) is 21.3. The third-order valence-electron chi connectivity index (χ3n) is 5.45. The zero-order chi connectivity index (χ0) is 25.2. The second-order valence-electron chi connectivity index (χ2n) is 7.86. The number of carbonyl (C=O) groups is 1. The Morgan fingerprint density at radius 1 is 1.03 bits per heavy atom. The average molecular weight is 498 g/mol. The third-order valence-corrected chi connectivity index (χ3v) is 6.48. The maximum atomic E-state index is 13.1. The molecule has 0 atom stereocenters. The van der Waals surface area contributed by atoms with Crippen LogP contribution in [0.15, 0.2) is 58.5 Å². The highest BCUT2D eigenvalue weighted by Crippen LogP contribution is 2.27. The van der Waals surface area contributed by atoms with Crippen LogP contribution in [0.5, 0.6) is 11.5 Å². The van der Waals surface area contributed by atoms with Crippen LogP contribution in [0.2, 0.25) is 0 Å². The Bertz CT molecular complexity index is 1200. The number of ether oxygens (including phenoxy) is 3. The van der Waals surface area contributed by atoms with Crippen LogP contribution in [0.3, 0.4) is 0 Å². The molecule has 0 fully saturated rings. The molecule has 0 aliphatic carbocycles. The van der Waals surface area contributed by atoms with Crippen LogP contribution in [-0.2, 0) is 36.0 Å². The Morgan fingerprint density at radius 3 is 2.46 bits per heavy atom. The first-order chi connectivity index (χ1) is 17.0. The van der Waals surface area contributed by atoms with E-state index in [2.05, 4.69) is 10.3 Å². The van der Waals surface area contributed by atoms with Crippen LogP contribution >= 0.6 is 11.8 Å². The Balaban J connectivity index is 1.61. The van der Waals surface area contributed by atoms with E-state index in [-0.39, 0.29) is 23.8 Å². The second-order valence-corrected chi connectivity index (χ2v) is 8.80. The molecule has 0 radical (unpaired) electrons. The van der Waals surface area contributed by atoms with Crippen LogP contribution in [0.25, 0.3) is 0 Å². The second kappa shape index (κ2) is 13.0. The van der Waals surface area contributed by atoms with Crippen molar-refractivity contribution in [2.45, 2.75) is 24.6 Å². The van der Waals surface area contributed by atoms with E-state index in [0.29, 0.717) is 47.3 Å². The molecule has 0 aliphatic rings. The van der Waals surface area contributed by atoms with Crippen molar-refractivity contribution in [2.75, 3.05) is 33.6 Å². The molecule has 0 spiro atoms. The molecule has 0 saturated carbocycles. The number of rotatable bonds is 12. The van der Waals surface area contributed by atoms with Gasteiger partial charge < -0.3 is 19.5 Å². The Morgan fingerprint density at radius 2 is 1.77 bits per heavy atom. The number of hydrogen-bond acceptors (Lipinski definition) is 7.